The number of carbonyl (C=O) groups excluding carboxylic acids is 2. The third-order valence-corrected chi connectivity index (χ3v) is 6.19. The van der Waals surface area contributed by atoms with E-state index >= 15 is 0 Å². The number of rotatable bonds is 4. The summed E-state index contributed by atoms with van der Waals surface area (Å²) in [5, 5.41) is 0.964. The van der Waals surface area contributed by atoms with Crippen LogP contribution in [0, 0.1) is 11.7 Å². The Balaban J connectivity index is 1.74. The molecule has 6 heteroatoms. The van der Waals surface area contributed by atoms with E-state index in [1.54, 1.807) is 6.07 Å². The molecule has 0 radical (unpaired) electrons. The number of H-pyrrole nitrogens is 1. The van der Waals surface area contributed by atoms with Gasteiger partial charge in [0.05, 0.1) is 12.1 Å². The molecule has 1 aromatic heterocycles. The largest absolute Gasteiger partial charge is 0.361 e. The summed E-state index contributed by atoms with van der Waals surface area (Å²) in [6.45, 7) is 5.27. The molecule has 5 nitrogen and oxygen atoms in total. The smallest absolute Gasteiger partial charge is 0.225 e. The van der Waals surface area contributed by atoms with Crippen molar-refractivity contribution in [2.75, 3.05) is 13.1 Å². The van der Waals surface area contributed by atoms with E-state index in [0.29, 0.717) is 13.1 Å². The molecule has 1 N–H and O–H groups in total. The summed E-state index contributed by atoms with van der Waals surface area (Å²) in [4.78, 5) is 31.5. The van der Waals surface area contributed by atoms with Crippen molar-refractivity contribution in [2.45, 2.75) is 44.7 Å². The first kappa shape index (κ1) is 17.1. The third kappa shape index (κ3) is 2.50. The first-order valence-electron chi connectivity index (χ1n) is 9.33. The maximum atomic E-state index is 13.5. The minimum atomic E-state index is -0.279. The maximum Gasteiger partial charge on any atom is 0.225 e. The number of aromatic nitrogens is 1. The van der Waals surface area contributed by atoms with Gasteiger partial charge in [-0.25, -0.2) is 4.39 Å². The molecule has 2 saturated heterocycles. The van der Waals surface area contributed by atoms with Crippen molar-refractivity contribution in [2.24, 2.45) is 5.92 Å². The Labute approximate surface area is 152 Å². The second kappa shape index (κ2) is 6.41. The number of halogens is 1. The van der Waals surface area contributed by atoms with Gasteiger partial charge < -0.3 is 14.8 Å². The Morgan fingerprint density at radius 3 is 3.00 bits per heavy atom. The van der Waals surface area contributed by atoms with E-state index in [1.807, 2.05) is 29.8 Å². The molecule has 0 bridgehead atoms. The molecule has 2 aliphatic heterocycles. The number of fused-ring (bicyclic) bond motifs is 2. The summed E-state index contributed by atoms with van der Waals surface area (Å²) in [5.74, 6) is -0.0838. The summed E-state index contributed by atoms with van der Waals surface area (Å²) in [6, 6.07) is 4.78. The molecule has 2 amide bonds. The highest BCUT2D eigenvalue weighted by atomic mass is 19.1. The van der Waals surface area contributed by atoms with Gasteiger partial charge in [-0.3, -0.25) is 9.59 Å². The molecule has 2 fully saturated rings. The second-order valence-corrected chi connectivity index (χ2v) is 7.53. The highest BCUT2D eigenvalue weighted by Gasteiger charge is 2.51. The molecule has 4 atom stereocenters. The van der Waals surface area contributed by atoms with Gasteiger partial charge in [0, 0.05) is 42.0 Å². The Hall–Kier alpha value is -2.37. The van der Waals surface area contributed by atoms with Gasteiger partial charge in [0.1, 0.15) is 5.82 Å². The zero-order valence-electron chi connectivity index (χ0n) is 15.1. The minimum Gasteiger partial charge on any atom is -0.361 e. The van der Waals surface area contributed by atoms with Crippen molar-refractivity contribution in [3.8, 4) is 0 Å². The molecule has 0 saturated carbocycles. The highest BCUT2D eigenvalue weighted by Crippen LogP contribution is 2.43. The fraction of sp³-hybridized carbons (Fsp3) is 0.500. The van der Waals surface area contributed by atoms with E-state index in [0.717, 1.165) is 35.7 Å². The fourth-order valence-electron chi connectivity index (χ4n) is 4.66. The number of hydrogen-bond acceptors (Lipinski definition) is 2. The van der Waals surface area contributed by atoms with Gasteiger partial charge in [-0.2, -0.15) is 0 Å². The van der Waals surface area contributed by atoms with Crippen LogP contribution in [-0.4, -0.2) is 52.3 Å². The second-order valence-electron chi connectivity index (χ2n) is 7.53. The average Bonchev–Trinajstić information content (AvgIpc) is 3.33. The van der Waals surface area contributed by atoms with Gasteiger partial charge in [0.2, 0.25) is 12.3 Å². The van der Waals surface area contributed by atoms with Gasteiger partial charge in [-0.15, -0.1) is 0 Å². The van der Waals surface area contributed by atoms with Crippen LogP contribution in [0.2, 0.25) is 0 Å². The number of aromatic amines is 1. The highest BCUT2D eigenvalue weighted by molar-refractivity contribution is 5.85. The van der Waals surface area contributed by atoms with E-state index in [4.69, 9.17) is 0 Å². The zero-order chi connectivity index (χ0) is 18.4. The van der Waals surface area contributed by atoms with Crippen molar-refractivity contribution >= 4 is 23.2 Å². The standard InChI is InChI=1S/C20H24FN3O2/c1-3-12(2)20(26)24-7-6-18-19(24)16(10-23(18)11-25)15-9-22-17-8-13(21)4-5-14(15)17/h4-5,8-9,11-12,16,18-19,22H,3,6-7,10H2,1-2H3/t12?,16-,18-,19-/m1/s1. The van der Waals surface area contributed by atoms with E-state index in [1.165, 1.54) is 12.1 Å². The summed E-state index contributed by atoms with van der Waals surface area (Å²) in [5.41, 5.74) is 1.81. The lowest BCUT2D eigenvalue weighted by Gasteiger charge is -2.30. The number of likely N-dealkylation sites (tertiary alicyclic amines) is 2. The molecular formula is C20H24FN3O2. The topological polar surface area (TPSA) is 56.4 Å². The Morgan fingerprint density at radius 1 is 1.46 bits per heavy atom. The van der Waals surface area contributed by atoms with Gasteiger partial charge in [-0.05, 0) is 36.6 Å². The molecule has 2 aromatic rings. The van der Waals surface area contributed by atoms with Crippen LogP contribution in [0.3, 0.4) is 0 Å². The molecule has 0 spiro atoms. The summed E-state index contributed by atoms with van der Waals surface area (Å²) in [7, 11) is 0. The molecule has 26 heavy (non-hydrogen) atoms. The quantitative estimate of drug-likeness (QED) is 0.856. The zero-order valence-corrected chi connectivity index (χ0v) is 15.1. The molecule has 4 rings (SSSR count). The van der Waals surface area contributed by atoms with Crippen molar-refractivity contribution in [1.82, 2.24) is 14.8 Å². The Bertz CT molecular complexity index is 849. The van der Waals surface area contributed by atoms with Gasteiger partial charge in [0.25, 0.3) is 0 Å². The number of amides is 2. The number of benzene rings is 1. The Kier molecular flexibility index (Phi) is 4.21. The van der Waals surface area contributed by atoms with Crippen molar-refractivity contribution in [3.63, 3.8) is 0 Å². The van der Waals surface area contributed by atoms with Crippen molar-refractivity contribution in [1.29, 1.82) is 0 Å². The normalized spacial score (nSPS) is 26.3. The van der Waals surface area contributed by atoms with Gasteiger partial charge in [-0.1, -0.05) is 13.8 Å². The van der Waals surface area contributed by atoms with E-state index in [2.05, 4.69) is 4.98 Å². The predicted molar refractivity (Wildman–Crippen MR) is 97.1 cm³/mol. The summed E-state index contributed by atoms with van der Waals surface area (Å²) in [6.07, 6.45) is 4.44. The van der Waals surface area contributed by atoms with Crippen LogP contribution in [0.1, 0.15) is 38.2 Å². The predicted octanol–water partition coefficient (Wildman–Crippen LogP) is 2.88. The van der Waals surface area contributed by atoms with Crippen LogP contribution < -0.4 is 0 Å². The third-order valence-electron chi connectivity index (χ3n) is 6.19. The van der Waals surface area contributed by atoms with E-state index in [-0.39, 0.29) is 35.6 Å². The van der Waals surface area contributed by atoms with Crippen molar-refractivity contribution in [3.05, 3.63) is 35.8 Å². The molecule has 3 heterocycles. The number of carbonyl (C=O) groups is 2. The average molecular weight is 357 g/mol. The number of hydrogen-bond donors (Lipinski definition) is 1. The lowest BCUT2D eigenvalue weighted by molar-refractivity contribution is -0.136. The first-order valence-corrected chi connectivity index (χ1v) is 9.33. The molecule has 1 unspecified atom stereocenters. The van der Waals surface area contributed by atoms with Crippen LogP contribution in [0.15, 0.2) is 24.4 Å². The lowest BCUT2D eigenvalue weighted by Crippen LogP contribution is -2.43. The number of nitrogens with one attached hydrogen (secondary N) is 1. The maximum absolute atomic E-state index is 13.5. The molecule has 138 valence electrons. The molecule has 2 aliphatic rings. The van der Waals surface area contributed by atoms with E-state index in [9.17, 15) is 14.0 Å². The SMILES string of the molecule is CCC(C)C(=O)N1CC[C@@H]2[C@H]1[C@@H](c1c[nH]c3cc(F)ccc13)CN2C=O. The molecule has 0 aliphatic carbocycles. The minimum absolute atomic E-state index is 0.00856. The fourth-order valence-corrected chi connectivity index (χ4v) is 4.66. The van der Waals surface area contributed by atoms with Gasteiger partial charge >= 0.3 is 0 Å². The summed E-state index contributed by atoms with van der Waals surface area (Å²) >= 11 is 0. The van der Waals surface area contributed by atoms with Gasteiger partial charge in [0.15, 0.2) is 0 Å². The van der Waals surface area contributed by atoms with Crippen LogP contribution in [0.5, 0.6) is 0 Å². The first-order chi connectivity index (χ1) is 12.5. The van der Waals surface area contributed by atoms with Crippen molar-refractivity contribution < 1.29 is 14.0 Å². The van der Waals surface area contributed by atoms with Crippen LogP contribution in [0.4, 0.5) is 4.39 Å². The van der Waals surface area contributed by atoms with Crippen LogP contribution in [-0.2, 0) is 9.59 Å². The Morgan fingerprint density at radius 2 is 2.27 bits per heavy atom. The number of nitrogens with zero attached hydrogens (tertiary/aromatic N) is 2. The van der Waals surface area contributed by atoms with Crippen LogP contribution in [0.25, 0.3) is 10.9 Å². The monoisotopic (exact) mass is 357 g/mol. The molecular weight excluding hydrogens is 333 g/mol. The van der Waals surface area contributed by atoms with Crippen LogP contribution >= 0.6 is 0 Å². The summed E-state index contributed by atoms with van der Waals surface area (Å²) < 4.78 is 13.5. The molecule has 1 aromatic carbocycles. The van der Waals surface area contributed by atoms with E-state index < -0.39 is 0 Å². The lowest BCUT2D eigenvalue weighted by atomic mass is 9.90.